The second-order valence-electron chi connectivity index (χ2n) is 1.85. The Kier molecular flexibility index (Phi) is 6.16. The summed E-state index contributed by atoms with van der Waals surface area (Å²) in [5.41, 5.74) is 0. The Labute approximate surface area is 83.1 Å². The summed E-state index contributed by atoms with van der Waals surface area (Å²) in [6.07, 6.45) is 1.12. The molecule has 1 aromatic carbocycles. The van der Waals surface area contributed by atoms with Crippen LogP contribution in [0.5, 0.6) is 0 Å². The molecule has 68 valence electrons. The van der Waals surface area contributed by atoms with Crippen molar-refractivity contribution in [2.75, 3.05) is 6.26 Å². The first-order valence-electron chi connectivity index (χ1n) is 3.02. The fourth-order valence-corrected chi connectivity index (χ4v) is 0.711. The molecule has 0 aliphatic carbocycles. The van der Waals surface area contributed by atoms with Gasteiger partial charge in [0.25, 0.3) is 0 Å². The molecule has 0 unspecified atom stereocenters. The van der Waals surface area contributed by atoms with Gasteiger partial charge in [-0.3, -0.25) is 0 Å². The normalized spacial score (nSPS) is 9.00. The Balaban J connectivity index is 0.000000261. The smallest absolute Gasteiger partial charge is 0.137 e. The van der Waals surface area contributed by atoms with Crippen molar-refractivity contribution in [3.05, 3.63) is 34.3 Å². The summed E-state index contributed by atoms with van der Waals surface area (Å²) in [7, 11) is -2.12. The van der Waals surface area contributed by atoms with Crippen LogP contribution in [-0.4, -0.2) is 14.7 Å². The maximum absolute atomic E-state index is 9.04. The van der Waals surface area contributed by atoms with E-state index in [0.29, 0.717) is 10.0 Å². The van der Waals surface area contributed by atoms with Gasteiger partial charge in [-0.15, -0.1) is 0 Å². The minimum atomic E-state index is -2.12. The van der Waals surface area contributed by atoms with Gasteiger partial charge in [-0.25, -0.2) is 8.42 Å². The van der Waals surface area contributed by atoms with E-state index >= 15 is 0 Å². The molecule has 5 heteroatoms. The quantitative estimate of drug-likeness (QED) is 0.689. The summed E-state index contributed by atoms with van der Waals surface area (Å²) < 4.78 is 18.1. The van der Waals surface area contributed by atoms with Gasteiger partial charge >= 0.3 is 0 Å². The minimum Gasteiger partial charge on any atom is -0.232 e. The van der Waals surface area contributed by atoms with Crippen LogP contribution in [0.25, 0.3) is 0 Å². The summed E-state index contributed by atoms with van der Waals surface area (Å²) >= 11 is 11.2. The molecular weight excluding hydrogens is 219 g/mol. The molecule has 0 radical (unpaired) electrons. The molecule has 0 heterocycles. The van der Waals surface area contributed by atoms with Crippen LogP contribution in [0.4, 0.5) is 0 Å². The second-order valence-corrected chi connectivity index (χ2v) is 3.55. The van der Waals surface area contributed by atoms with E-state index in [2.05, 4.69) is 0 Å². The molecule has 0 saturated heterocycles. The molecule has 0 amide bonds. The lowest BCUT2D eigenvalue weighted by molar-refractivity contribution is 0.619. The summed E-state index contributed by atoms with van der Waals surface area (Å²) in [5.74, 6) is 0. The summed E-state index contributed by atoms with van der Waals surface area (Å²) in [4.78, 5) is 0. The zero-order valence-corrected chi connectivity index (χ0v) is 8.74. The molecule has 12 heavy (non-hydrogen) atoms. The third-order valence-electron chi connectivity index (χ3n) is 0.824. The van der Waals surface area contributed by atoms with Gasteiger partial charge in [0, 0.05) is 6.26 Å². The number of hydrogen-bond acceptors (Lipinski definition) is 2. The van der Waals surface area contributed by atoms with Crippen LogP contribution < -0.4 is 0 Å². The van der Waals surface area contributed by atoms with E-state index in [-0.39, 0.29) is 0 Å². The molecule has 0 aliphatic rings. The Hall–Kier alpha value is -0.250. The van der Waals surface area contributed by atoms with Crippen LogP contribution in [0.15, 0.2) is 24.3 Å². The maximum atomic E-state index is 9.04. The maximum Gasteiger partial charge on any atom is 0.137 e. The number of benzene rings is 1. The van der Waals surface area contributed by atoms with Crippen molar-refractivity contribution in [3.63, 3.8) is 0 Å². The predicted molar refractivity (Wildman–Crippen MR) is 52.7 cm³/mol. The van der Waals surface area contributed by atoms with Crippen molar-refractivity contribution in [2.45, 2.75) is 0 Å². The molecule has 0 bridgehead atoms. The van der Waals surface area contributed by atoms with E-state index in [9.17, 15) is 0 Å². The number of hydrogen-bond donors (Lipinski definition) is 1. The fourth-order valence-electron chi connectivity index (χ4n) is 0.439. The van der Waals surface area contributed by atoms with Gasteiger partial charge < -0.3 is 0 Å². The van der Waals surface area contributed by atoms with Crippen LogP contribution in [0.3, 0.4) is 0 Å². The molecule has 1 aromatic rings. The van der Waals surface area contributed by atoms with Crippen molar-refractivity contribution < 1.29 is 8.42 Å². The Morgan fingerprint density at radius 3 is 1.50 bits per heavy atom. The lowest BCUT2D eigenvalue weighted by atomic mass is 10.4. The standard InChI is InChI=1S/C6H4Cl2.CH4O2S/c7-5-3-1-2-4-6(5)8;1-4(2)3/h1-4H;4H,1H3. The SMILES string of the molecule is C[SH](=O)=O.Clc1ccccc1Cl. The Morgan fingerprint density at radius 2 is 1.33 bits per heavy atom. The zero-order valence-electron chi connectivity index (χ0n) is 6.33. The van der Waals surface area contributed by atoms with Crippen LogP contribution >= 0.6 is 23.2 Å². The molecule has 0 fully saturated rings. The van der Waals surface area contributed by atoms with E-state index in [1.54, 1.807) is 12.1 Å². The molecule has 1 rings (SSSR count). The lowest BCUT2D eigenvalue weighted by Crippen LogP contribution is -1.62. The van der Waals surface area contributed by atoms with Gasteiger partial charge in [0.1, 0.15) is 10.7 Å². The first-order valence-corrected chi connectivity index (χ1v) is 5.40. The van der Waals surface area contributed by atoms with Gasteiger partial charge in [0.2, 0.25) is 0 Å². The number of thiol groups is 1. The first kappa shape index (κ1) is 11.8. The molecule has 0 atom stereocenters. The fraction of sp³-hybridized carbons (Fsp3) is 0.143. The van der Waals surface area contributed by atoms with Gasteiger partial charge in [-0.1, -0.05) is 35.3 Å². The summed E-state index contributed by atoms with van der Waals surface area (Å²) in [6.45, 7) is 0. The molecule has 0 saturated carbocycles. The number of rotatable bonds is 0. The average Bonchev–Trinajstić information content (AvgIpc) is 1.94. The minimum absolute atomic E-state index is 0.606. The molecule has 2 nitrogen and oxygen atoms in total. The first-order chi connectivity index (χ1) is 5.54. The molecule has 0 N–H and O–H groups in total. The highest BCUT2D eigenvalue weighted by atomic mass is 35.5. The van der Waals surface area contributed by atoms with Crippen LogP contribution in [0.2, 0.25) is 10.0 Å². The molecule has 0 spiro atoms. The lowest BCUT2D eigenvalue weighted by Gasteiger charge is -1.88. The topological polar surface area (TPSA) is 34.1 Å². The zero-order chi connectivity index (χ0) is 9.56. The van der Waals surface area contributed by atoms with Crippen LogP contribution in [0.1, 0.15) is 0 Å². The summed E-state index contributed by atoms with van der Waals surface area (Å²) in [6, 6.07) is 7.19. The van der Waals surface area contributed by atoms with Crippen molar-refractivity contribution in [3.8, 4) is 0 Å². The predicted octanol–water partition coefficient (Wildman–Crippen LogP) is 2.22. The molecular formula is C7H8Cl2O2S. The van der Waals surface area contributed by atoms with Crippen molar-refractivity contribution in [2.24, 2.45) is 0 Å². The van der Waals surface area contributed by atoms with Crippen LogP contribution in [0, 0.1) is 0 Å². The largest absolute Gasteiger partial charge is 0.232 e. The van der Waals surface area contributed by atoms with Gasteiger partial charge in [0.15, 0.2) is 0 Å². The van der Waals surface area contributed by atoms with E-state index < -0.39 is 10.7 Å². The van der Waals surface area contributed by atoms with Crippen molar-refractivity contribution in [1.29, 1.82) is 0 Å². The number of halogens is 2. The highest BCUT2D eigenvalue weighted by Crippen LogP contribution is 2.19. The molecule has 0 aromatic heterocycles. The highest BCUT2D eigenvalue weighted by molar-refractivity contribution is 7.71. The molecule has 0 aliphatic heterocycles. The van der Waals surface area contributed by atoms with Crippen molar-refractivity contribution >= 4 is 33.9 Å². The van der Waals surface area contributed by atoms with Gasteiger partial charge in [-0.05, 0) is 12.1 Å². The third kappa shape index (κ3) is 6.46. The van der Waals surface area contributed by atoms with E-state index in [0.717, 1.165) is 6.26 Å². The summed E-state index contributed by atoms with van der Waals surface area (Å²) in [5, 5.41) is 1.21. The second kappa shape index (κ2) is 6.29. The van der Waals surface area contributed by atoms with E-state index in [4.69, 9.17) is 31.6 Å². The highest BCUT2D eigenvalue weighted by Gasteiger charge is 1.89. The Morgan fingerprint density at radius 1 is 1.08 bits per heavy atom. The Bertz CT molecular complexity index is 281. The monoisotopic (exact) mass is 226 g/mol. The van der Waals surface area contributed by atoms with Gasteiger partial charge in [0.05, 0.1) is 10.0 Å². The third-order valence-corrected chi connectivity index (χ3v) is 1.58. The van der Waals surface area contributed by atoms with Gasteiger partial charge in [-0.2, -0.15) is 0 Å². The van der Waals surface area contributed by atoms with E-state index in [1.807, 2.05) is 12.1 Å². The average molecular weight is 227 g/mol. The van der Waals surface area contributed by atoms with Crippen molar-refractivity contribution in [1.82, 2.24) is 0 Å². The van der Waals surface area contributed by atoms with E-state index in [1.165, 1.54) is 0 Å². The van der Waals surface area contributed by atoms with Crippen LogP contribution in [-0.2, 0) is 10.7 Å².